The molecular weight excluding hydrogens is 244 g/mol. The molecule has 2 aromatic rings. The normalized spacial score (nSPS) is 12.6. The Kier molecular flexibility index (Phi) is 3.84. The van der Waals surface area contributed by atoms with Crippen molar-refractivity contribution in [2.45, 2.75) is 26.3 Å². The molecule has 0 aromatic carbocycles. The fourth-order valence-corrected chi connectivity index (χ4v) is 1.79. The predicted octanol–water partition coefficient (Wildman–Crippen LogP) is 0.808. The van der Waals surface area contributed by atoms with Crippen LogP contribution < -0.4 is 5.73 Å². The Morgan fingerprint density at radius 1 is 1.37 bits per heavy atom. The van der Waals surface area contributed by atoms with Gasteiger partial charge in [-0.3, -0.25) is 4.79 Å². The van der Waals surface area contributed by atoms with Gasteiger partial charge in [0.05, 0.1) is 6.20 Å². The van der Waals surface area contributed by atoms with Gasteiger partial charge in [0.1, 0.15) is 18.1 Å². The maximum absolute atomic E-state index is 11.5. The number of aromatic nitrogens is 5. The molecule has 0 bridgehead atoms. The topological polar surface area (TPSA) is 99.6 Å². The second-order valence-corrected chi connectivity index (χ2v) is 4.76. The zero-order valence-corrected chi connectivity index (χ0v) is 10.9. The number of rotatable bonds is 5. The Labute approximate surface area is 110 Å². The van der Waals surface area contributed by atoms with Gasteiger partial charge in [-0.25, -0.2) is 14.6 Å². The highest BCUT2D eigenvalue weighted by atomic mass is 16.1. The fraction of sp³-hybridized carbons (Fsp3) is 0.417. The highest BCUT2D eigenvalue weighted by molar-refractivity contribution is 5.78. The van der Waals surface area contributed by atoms with Crippen molar-refractivity contribution in [1.29, 1.82) is 0 Å². The average Bonchev–Trinajstić information content (AvgIpc) is 2.86. The molecule has 0 saturated heterocycles. The Bertz CT molecular complexity index is 550. The smallest absolute Gasteiger partial charge is 0.242 e. The van der Waals surface area contributed by atoms with Gasteiger partial charge >= 0.3 is 0 Å². The molecule has 19 heavy (non-hydrogen) atoms. The van der Waals surface area contributed by atoms with Gasteiger partial charge in [0, 0.05) is 18.0 Å². The molecule has 2 aromatic heterocycles. The van der Waals surface area contributed by atoms with Gasteiger partial charge in [0.15, 0.2) is 0 Å². The number of hydrogen-bond acceptors (Lipinski definition) is 5. The molecule has 1 atom stereocenters. The van der Waals surface area contributed by atoms with Crippen LogP contribution in [0, 0.1) is 5.92 Å². The monoisotopic (exact) mass is 260 g/mol. The first-order chi connectivity index (χ1) is 9.08. The van der Waals surface area contributed by atoms with E-state index in [4.69, 9.17) is 5.73 Å². The van der Waals surface area contributed by atoms with E-state index in [-0.39, 0.29) is 0 Å². The lowest BCUT2D eigenvalue weighted by Gasteiger charge is -2.14. The Morgan fingerprint density at radius 2 is 2.05 bits per heavy atom. The first-order valence-corrected chi connectivity index (χ1v) is 6.04. The number of carbonyl (C=O) groups is 1. The predicted molar refractivity (Wildman–Crippen MR) is 68.7 cm³/mol. The van der Waals surface area contributed by atoms with E-state index in [1.165, 1.54) is 11.0 Å². The Balaban J connectivity index is 2.26. The van der Waals surface area contributed by atoms with E-state index in [2.05, 4.69) is 20.3 Å². The van der Waals surface area contributed by atoms with Crippen molar-refractivity contribution in [3.8, 4) is 11.3 Å². The van der Waals surface area contributed by atoms with E-state index in [1.54, 1.807) is 18.6 Å². The Hall–Kier alpha value is -2.31. The highest BCUT2D eigenvalue weighted by Crippen LogP contribution is 2.19. The maximum Gasteiger partial charge on any atom is 0.242 e. The summed E-state index contributed by atoms with van der Waals surface area (Å²) in [5.41, 5.74) is 6.79. The molecule has 7 nitrogen and oxygen atoms in total. The number of amides is 1. The standard InChI is InChI=1S/C12H16N6O/c1-8(2)3-11(12(13)19)18-6-10(16-17-18)9-4-14-7-15-5-9/h4-8,11H,3H2,1-2H3,(H2,13,19)/t11-/m0/s1. The van der Waals surface area contributed by atoms with Crippen molar-refractivity contribution in [2.24, 2.45) is 11.7 Å². The minimum atomic E-state index is -0.481. The molecule has 0 aliphatic rings. The van der Waals surface area contributed by atoms with E-state index >= 15 is 0 Å². The SMILES string of the molecule is CC(C)C[C@@H](C(N)=O)n1cc(-c2cncnc2)nn1. The molecule has 0 unspecified atom stereocenters. The average molecular weight is 260 g/mol. The largest absolute Gasteiger partial charge is 0.368 e. The fourth-order valence-electron chi connectivity index (χ4n) is 1.79. The Morgan fingerprint density at radius 3 is 2.63 bits per heavy atom. The van der Waals surface area contributed by atoms with Gasteiger partial charge < -0.3 is 5.73 Å². The van der Waals surface area contributed by atoms with Crippen molar-refractivity contribution in [1.82, 2.24) is 25.0 Å². The number of nitrogens with zero attached hydrogens (tertiary/aromatic N) is 5. The zero-order valence-electron chi connectivity index (χ0n) is 10.9. The third kappa shape index (κ3) is 3.12. The highest BCUT2D eigenvalue weighted by Gasteiger charge is 2.20. The van der Waals surface area contributed by atoms with Gasteiger partial charge in [-0.1, -0.05) is 19.1 Å². The number of primary amides is 1. The minimum absolute atomic E-state index is 0.338. The van der Waals surface area contributed by atoms with Gasteiger partial charge in [0.25, 0.3) is 0 Å². The molecule has 100 valence electrons. The van der Waals surface area contributed by atoms with Gasteiger partial charge in [-0.2, -0.15) is 0 Å². The summed E-state index contributed by atoms with van der Waals surface area (Å²) in [7, 11) is 0. The third-order valence-corrected chi connectivity index (χ3v) is 2.71. The zero-order chi connectivity index (χ0) is 13.8. The summed E-state index contributed by atoms with van der Waals surface area (Å²) < 4.78 is 1.50. The van der Waals surface area contributed by atoms with Crippen LogP contribution in [0.2, 0.25) is 0 Å². The van der Waals surface area contributed by atoms with Crippen LogP contribution in [0.15, 0.2) is 24.9 Å². The quantitative estimate of drug-likeness (QED) is 0.857. The molecule has 0 fully saturated rings. The van der Waals surface area contributed by atoms with Crippen LogP contribution in [0.4, 0.5) is 0 Å². The summed E-state index contributed by atoms with van der Waals surface area (Å²) in [4.78, 5) is 19.3. The van der Waals surface area contributed by atoms with E-state index in [0.717, 1.165) is 5.56 Å². The second kappa shape index (κ2) is 5.55. The van der Waals surface area contributed by atoms with E-state index in [1.807, 2.05) is 13.8 Å². The van der Waals surface area contributed by atoms with Crippen molar-refractivity contribution in [2.75, 3.05) is 0 Å². The van der Waals surface area contributed by atoms with E-state index in [9.17, 15) is 4.79 Å². The van der Waals surface area contributed by atoms with Crippen molar-refractivity contribution < 1.29 is 4.79 Å². The van der Waals surface area contributed by atoms with Crippen LogP contribution >= 0.6 is 0 Å². The third-order valence-electron chi connectivity index (χ3n) is 2.71. The van der Waals surface area contributed by atoms with Crippen molar-refractivity contribution in [3.05, 3.63) is 24.9 Å². The van der Waals surface area contributed by atoms with Crippen molar-refractivity contribution in [3.63, 3.8) is 0 Å². The minimum Gasteiger partial charge on any atom is -0.368 e. The number of hydrogen-bond donors (Lipinski definition) is 1. The van der Waals surface area contributed by atoms with Crippen LogP contribution in [-0.2, 0) is 4.79 Å². The summed E-state index contributed by atoms with van der Waals surface area (Å²) in [5, 5.41) is 8.00. The van der Waals surface area contributed by atoms with E-state index < -0.39 is 11.9 Å². The summed E-state index contributed by atoms with van der Waals surface area (Å²) in [5.74, 6) is -0.0697. The molecule has 0 spiro atoms. The van der Waals surface area contributed by atoms with Crippen LogP contribution in [-0.4, -0.2) is 30.9 Å². The lowest BCUT2D eigenvalue weighted by atomic mass is 10.0. The molecule has 7 heteroatoms. The molecular formula is C12H16N6O. The molecule has 2 heterocycles. The lowest BCUT2D eigenvalue weighted by molar-refractivity contribution is -0.121. The van der Waals surface area contributed by atoms with Gasteiger partial charge in [-0.15, -0.1) is 5.10 Å². The molecule has 0 aliphatic heterocycles. The van der Waals surface area contributed by atoms with Crippen LogP contribution in [0.25, 0.3) is 11.3 Å². The molecule has 0 saturated carbocycles. The summed E-state index contributed by atoms with van der Waals surface area (Å²) in [6.07, 6.45) is 7.05. The number of nitrogens with two attached hydrogens (primary N) is 1. The van der Waals surface area contributed by atoms with E-state index in [0.29, 0.717) is 18.0 Å². The first kappa shape index (κ1) is 13.1. The van der Waals surface area contributed by atoms with Crippen LogP contribution in [0.1, 0.15) is 26.3 Å². The van der Waals surface area contributed by atoms with Gasteiger partial charge in [0.2, 0.25) is 5.91 Å². The summed E-state index contributed by atoms with van der Waals surface area (Å²) in [6.45, 7) is 4.05. The molecule has 0 radical (unpaired) electrons. The van der Waals surface area contributed by atoms with Crippen LogP contribution in [0.5, 0.6) is 0 Å². The maximum atomic E-state index is 11.5. The molecule has 2 rings (SSSR count). The number of carbonyl (C=O) groups excluding carboxylic acids is 1. The summed E-state index contributed by atoms with van der Waals surface area (Å²) >= 11 is 0. The molecule has 1 amide bonds. The second-order valence-electron chi connectivity index (χ2n) is 4.76. The molecule has 2 N–H and O–H groups in total. The van der Waals surface area contributed by atoms with Gasteiger partial charge in [-0.05, 0) is 12.3 Å². The lowest BCUT2D eigenvalue weighted by Crippen LogP contribution is -2.28. The molecule has 0 aliphatic carbocycles. The van der Waals surface area contributed by atoms with Crippen LogP contribution in [0.3, 0.4) is 0 Å². The summed E-state index contributed by atoms with van der Waals surface area (Å²) in [6, 6.07) is -0.481. The first-order valence-electron chi connectivity index (χ1n) is 6.04. The van der Waals surface area contributed by atoms with Crippen molar-refractivity contribution >= 4 is 5.91 Å².